The minimum absolute atomic E-state index is 0.220. The molecular weight excluding hydrogens is 327 g/mol. The van der Waals surface area contributed by atoms with Gasteiger partial charge in [-0.05, 0) is 51.8 Å². The second kappa shape index (κ2) is 4.94. The first-order chi connectivity index (χ1) is 9.19. The molecule has 0 unspecified atom stereocenters. The molecule has 0 aliphatic carbocycles. The van der Waals surface area contributed by atoms with E-state index in [1.165, 1.54) is 12.1 Å². The Morgan fingerprint density at radius 1 is 1.11 bits per heavy atom. The van der Waals surface area contributed by atoms with Gasteiger partial charge in [0.2, 0.25) is 0 Å². The molecule has 0 saturated heterocycles. The molecule has 1 nitrogen and oxygen atoms in total. The predicted molar refractivity (Wildman–Crippen MR) is 81.5 cm³/mol. The van der Waals surface area contributed by atoms with Crippen molar-refractivity contribution in [2.45, 2.75) is 0 Å². The average molecular weight is 337 g/mol. The number of ether oxygens (including phenoxy) is 1. The highest BCUT2D eigenvalue weighted by molar-refractivity contribution is 9.10. The Bertz CT molecular complexity index is 734. The van der Waals surface area contributed by atoms with Gasteiger partial charge in [-0.2, -0.15) is 0 Å². The summed E-state index contributed by atoms with van der Waals surface area (Å²) in [7, 11) is 1.66. The van der Waals surface area contributed by atoms with Gasteiger partial charge in [0.25, 0.3) is 0 Å². The van der Waals surface area contributed by atoms with Crippen LogP contribution in [-0.4, -0.2) is 7.11 Å². The summed E-state index contributed by atoms with van der Waals surface area (Å²) in [6, 6.07) is 12.5. The van der Waals surface area contributed by atoms with Gasteiger partial charge in [0.1, 0.15) is 11.6 Å². The second-order valence-corrected chi connectivity index (χ2v) is 5.96. The SMILES string of the molecule is COc1ccc2c(Br)c(-c3ccc(F)cc3)sc2c1. The number of fused-ring (bicyclic) bond motifs is 1. The van der Waals surface area contributed by atoms with Crippen LogP contribution in [-0.2, 0) is 0 Å². The third kappa shape index (κ3) is 2.26. The first-order valence-corrected chi connectivity index (χ1v) is 7.32. The van der Waals surface area contributed by atoms with Crippen molar-refractivity contribution >= 4 is 37.4 Å². The molecule has 3 rings (SSSR count). The summed E-state index contributed by atoms with van der Waals surface area (Å²) >= 11 is 5.29. The summed E-state index contributed by atoms with van der Waals surface area (Å²) in [5.74, 6) is 0.620. The van der Waals surface area contributed by atoms with Crippen LogP contribution in [0, 0.1) is 5.82 Å². The zero-order chi connectivity index (χ0) is 13.4. The molecule has 4 heteroatoms. The highest BCUT2D eigenvalue weighted by Gasteiger charge is 2.12. The Labute approximate surface area is 122 Å². The Balaban J connectivity index is 2.19. The molecule has 1 heterocycles. The smallest absolute Gasteiger partial charge is 0.123 e. The largest absolute Gasteiger partial charge is 0.497 e. The van der Waals surface area contributed by atoms with E-state index in [0.29, 0.717) is 0 Å². The van der Waals surface area contributed by atoms with E-state index < -0.39 is 0 Å². The maximum atomic E-state index is 13.0. The lowest BCUT2D eigenvalue weighted by molar-refractivity contribution is 0.415. The van der Waals surface area contributed by atoms with Crippen LogP contribution in [0.2, 0.25) is 0 Å². The van der Waals surface area contributed by atoms with Gasteiger partial charge < -0.3 is 4.74 Å². The Hall–Kier alpha value is -1.39. The van der Waals surface area contributed by atoms with Crippen molar-refractivity contribution in [1.29, 1.82) is 0 Å². The topological polar surface area (TPSA) is 9.23 Å². The monoisotopic (exact) mass is 336 g/mol. The fraction of sp³-hybridized carbons (Fsp3) is 0.0667. The first kappa shape index (κ1) is 12.6. The average Bonchev–Trinajstić information content (AvgIpc) is 2.76. The minimum Gasteiger partial charge on any atom is -0.497 e. The van der Waals surface area contributed by atoms with Crippen molar-refractivity contribution in [2.24, 2.45) is 0 Å². The number of methoxy groups -OCH3 is 1. The van der Waals surface area contributed by atoms with Crippen molar-refractivity contribution in [2.75, 3.05) is 7.11 Å². The number of hydrogen-bond acceptors (Lipinski definition) is 2. The minimum atomic E-state index is -0.220. The van der Waals surface area contributed by atoms with Crippen LogP contribution in [0.4, 0.5) is 4.39 Å². The number of rotatable bonds is 2. The van der Waals surface area contributed by atoms with E-state index in [4.69, 9.17) is 4.74 Å². The Morgan fingerprint density at radius 3 is 2.53 bits per heavy atom. The number of halogens is 2. The van der Waals surface area contributed by atoms with Crippen LogP contribution >= 0.6 is 27.3 Å². The maximum absolute atomic E-state index is 13.0. The molecule has 0 atom stereocenters. The normalized spacial score (nSPS) is 10.9. The predicted octanol–water partition coefficient (Wildman–Crippen LogP) is 5.48. The lowest BCUT2D eigenvalue weighted by atomic mass is 10.1. The van der Waals surface area contributed by atoms with Crippen molar-refractivity contribution in [3.05, 3.63) is 52.8 Å². The van der Waals surface area contributed by atoms with E-state index in [9.17, 15) is 4.39 Å². The Morgan fingerprint density at radius 2 is 1.84 bits per heavy atom. The summed E-state index contributed by atoms with van der Waals surface area (Å²) < 4.78 is 20.4. The zero-order valence-corrected chi connectivity index (χ0v) is 12.5. The van der Waals surface area contributed by atoms with E-state index in [1.54, 1.807) is 30.6 Å². The third-order valence-electron chi connectivity index (χ3n) is 2.94. The van der Waals surface area contributed by atoms with E-state index in [-0.39, 0.29) is 5.82 Å². The molecule has 0 aliphatic rings. The van der Waals surface area contributed by atoms with E-state index in [2.05, 4.69) is 15.9 Å². The van der Waals surface area contributed by atoms with Crippen molar-refractivity contribution < 1.29 is 9.13 Å². The van der Waals surface area contributed by atoms with Gasteiger partial charge in [-0.15, -0.1) is 11.3 Å². The second-order valence-electron chi connectivity index (χ2n) is 4.11. The van der Waals surface area contributed by atoms with E-state index >= 15 is 0 Å². The van der Waals surface area contributed by atoms with Gasteiger partial charge in [-0.3, -0.25) is 0 Å². The summed E-state index contributed by atoms with van der Waals surface area (Å²) in [5, 5.41) is 1.14. The van der Waals surface area contributed by atoms with Crippen LogP contribution in [0.25, 0.3) is 20.5 Å². The maximum Gasteiger partial charge on any atom is 0.123 e. The molecule has 2 aromatic carbocycles. The van der Waals surface area contributed by atoms with Crippen LogP contribution < -0.4 is 4.74 Å². The number of thiophene rings is 1. The molecule has 3 aromatic rings. The van der Waals surface area contributed by atoms with Crippen LogP contribution in [0.1, 0.15) is 0 Å². The third-order valence-corrected chi connectivity index (χ3v) is 5.23. The molecule has 1 aromatic heterocycles. The van der Waals surface area contributed by atoms with Gasteiger partial charge in [-0.25, -0.2) is 4.39 Å². The lowest BCUT2D eigenvalue weighted by Gasteiger charge is -1.98. The lowest BCUT2D eigenvalue weighted by Crippen LogP contribution is -1.80. The standard InChI is InChI=1S/C15H10BrFOS/c1-18-11-6-7-12-13(8-11)19-15(14(12)16)9-2-4-10(17)5-3-9/h2-8H,1H3. The molecule has 19 heavy (non-hydrogen) atoms. The van der Waals surface area contributed by atoms with Gasteiger partial charge in [-0.1, -0.05) is 12.1 Å². The van der Waals surface area contributed by atoms with E-state index in [1.807, 2.05) is 18.2 Å². The van der Waals surface area contributed by atoms with Crippen molar-refractivity contribution in [1.82, 2.24) is 0 Å². The molecule has 0 fully saturated rings. The van der Waals surface area contributed by atoms with Gasteiger partial charge in [0.05, 0.1) is 7.11 Å². The van der Waals surface area contributed by atoms with Gasteiger partial charge in [0, 0.05) is 19.4 Å². The molecule has 0 bridgehead atoms. The molecule has 0 radical (unpaired) electrons. The zero-order valence-electron chi connectivity index (χ0n) is 10.1. The molecule has 96 valence electrons. The van der Waals surface area contributed by atoms with Crippen LogP contribution in [0.5, 0.6) is 5.75 Å². The summed E-state index contributed by atoms with van der Waals surface area (Å²) in [6.45, 7) is 0. The molecule has 0 N–H and O–H groups in total. The van der Waals surface area contributed by atoms with E-state index in [0.717, 1.165) is 30.7 Å². The van der Waals surface area contributed by atoms with Crippen LogP contribution in [0.3, 0.4) is 0 Å². The summed E-state index contributed by atoms with van der Waals surface area (Å²) in [6.07, 6.45) is 0. The molecular formula is C15H10BrFOS. The molecule has 0 spiro atoms. The first-order valence-electron chi connectivity index (χ1n) is 5.71. The fourth-order valence-corrected chi connectivity index (χ4v) is 4.04. The Kier molecular flexibility index (Phi) is 3.29. The molecule has 0 amide bonds. The molecule has 0 aliphatic heterocycles. The fourth-order valence-electron chi connectivity index (χ4n) is 1.96. The quantitative estimate of drug-likeness (QED) is 0.602. The number of hydrogen-bond donors (Lipinski definition) is 0. The number of benzene rings is 2. The van der Waals surface area contributed by atoms with Gasteiger partial charge in [0.15, 0.2) is 0 Å². The highest BCUT2D eigenvalue weighted by Crippen LogP contribution is 2.43. The van der Waals surface area contributed by atoms with Crippen molar-refractivity contribution in [3.8, 4) is 16.2 Å². The van der Waals surface area contributed by atoms with Crippen LogP contribution in [0.15, 0.2) is 46.9 Å². The van der Waals surface area contributed by atoms with Crippen molar-refractivity contribution in [3.63, 3.8) is 0 Å². The van der Waals surface area contributed by atoms with Gasteiger partial charge >= 0.3 is 0 Å². The molecule has 0 saturated carbocycles. The summed E-state index contributed by atoms with van der Waals surface area (Å²) in [5.41, 5.74) is 1.01. The summed E-state index contributed by atoms with van der Waals surface area (Å²) in [4.78, 5) is 1.10. The highest BCUT2D eigenvalue weighted by atomic mass is 79.9.